The molecule has 5 heteroatoms. The van der Waals surface area contributed by atoms with Crippen LogP contribution >= 0.6 is 0 Å². The van der Waals surface area contributed by atoms with Gasteiger partial charge in [-0.25, -0.2) is 0 Å². The fourth-order valence-corrected chi connectivity index (χ4v) is 1.40. The summed E-state index contributed by atoms with van der Waals surface area (Å²) in [7, 11) is 0. The first kappa shape index (κ1) is 15.8. The first-order valence-electron chi connectivity index (χ1n) is 5.89. The molecule has 0 heterocycles. The maximum Gasteiger partial charge on any atom is 0.303 e. The van der Waals surface area contributed by atoms with Crippen molar-refractivity contribution in [3.8, 4) is 0 Å². The lowest BCUT2D eigenvalue weighted by atomic mass is 10.0. The number of carbonyl (C=O) groups is 3. The molecule has 0 spiro atoms. The molecule has 5 nitrogen and oxygen atoms in total. The van der Waals surface area contributed by atoms with E-state index < -0.39 is 17.5 Å². The van der Waals surface area contributed by atoms with Gasteiger partial charge in [0.05, 0.1) is 12.5 Å². The van der Waals surface area contributed by atoms with Crippen LogP contribution in [-0.4, -0.2) is 33.9 Å². The lowest BCUT2D eigenvalue weighted by Gasteiger charge is -2.03. The number of aliphatic hydroxyl groups is 1. The lowest BCUT2D eigenvalue weighted by molar-refractivity contribution is -0.140. The van der Waals surface area contributed by atoms with Crippen LogP contribution in [0.4, 0.5) is 0 Å². The second kappa shape index (κ2) is 8.87. The molecule has 0 saturated heterocycles. The minimum Gasteiger partial charge on any atom is -0.481 e. The number of rotatable bonds is 10. The molecule has 1 atom stereocenters. The molecule has 0 aliphatic heterocycles. The van der Waals surface area contributed by atoms with Gasteiger partial charge in [0.2, 0.25) is 0 Å². The predicted molar refractivity (Wildman–Crippen MR) is 61.6 cm³/mol. The van der Waals surface area contributed by atoms with Gasteiger partial charge in [-0.15, -0.1) is 0 Å². The topological polar surface area (TPSA) is 91.7 Å². The summed E-state index contributed by atoms with van der Waals surface area (Å²) in [6.07, 6.45) is 2.29. The lowest BCUT2D eigenvalue weighted by Crippen LogP contribution is -2.14. The third kappa shape index (κ3) is 9.68. The van der Waals surface area contributed by atoms with Crippen LogP contribution in [0.5, 0.6) is 0 Å². The predicted octanol–water partition coefficient (Wildman–Crippen LogP) is 1.32. The van der Waals surface area contributed by atoms with Crippen LogP contribution < -0.4 is 0 Å². The van der Waals surface area contributed by atoms with Crippen LogP contribution in [0.25, 0.3) is 0 Å². The van der Waals surface area contributed by atoms with Gasteiger partial charge < -0.3 is 10.2 Å². The average Bonchev–Trinajstić information content (AvgIpc) is 2.24. The second-order valence-electron chi connectivity index (χ2n) is 4.19. The summed E-state index contributed by atoms with van der Waals surface area (Å²) in [6, 6.07) is 0. The van der Waals surface area contributed by atoms with Crippen molar-refractivity contribution in [1.82, 2.24) is 0 Å². The molecule has 1 unspecified atom stereocenters. The molecule has 0 aromatic carbocycles. The number of hydrogen-bond acceptors (Lipinski definition) is 4. The zero-order chi connectivity index (χ0) is 13.3. The van der Waals surface area contributed by atoms with Gasteiger partial charge >= 0.3 is 5.97 Å². The highest BCUT2D eigenvalue weighted by Gasteiger charge is 2.14. The Labute approximate surface area is 101 Å². The van der Waals surface area contributed by atoms with Crippen molar-refractivity contribution in [3.05, 3.63) is 0 Å². The van der Waals surface area contributed by atoms with E-state index in [0.29, 0.717) is 12.8 Å². The third-order valence-electron chi connectivity index (χ3n) is 2.40. The highest BCUT2D eigenvalue weighted by molar-refractivity contribution is 6.37. The van der Waals surface area contributed by atoms with Crippen LogP contribution in [0.2, 0.25) is 0 Å². The number of ketones is 2. The standard InChI is InChI=1S/C12H20O5/c1-9(13)5-3-2-4-6-10(14)11(15)7-8-12(16)17/h9,13H,2-8H2,1H3,(H,16,17). The van der Waals surface area contributed by atoms with E-state index >= 15 is 0 Å². The SMILES string of the molecule is CC(O)CCCCCC(=O)C(=O)CCC(=O)O. The van der Waals surface area contributed by atoms with Crippen molar-refractivity contribution < 1.29 is 24.6 Å². The smallest absolute Gasteiger partial charge is 0.303 e. The molecule has 0 aliphatic carbocycles. The zero-order valence-corrected chi connectivity index (χ0v) is 10.1. The number of aliphatic hydroxyl groups excluding tert-OH is 1. The molecular formula is C12H20O5. The monoisotopic (exact) mass is 244 g/mol. The van der Waals surface area contributed by atoms with Crippen molar-refractivity contribution in [2.24, 2.45) is 0 Å². The van der Waals surface area contributed by atoms with Gasteiger partial charge in [0.1, 0.15) is 0 Å². The molecule has 0 saturated carbocycles. The van der Waals surface area contributed by atoms with Crippen molar-refractivity contribution in [2.45, 2.75) is 58.0 Å². The van der Waals surface area contributed by atoms with E-state index in [-0.39, 0.29) is 25.4 Å². The first-order chi connectivity index (χ1) is 7.93. The van der Waals surface area contributed by atoms with Crippen molar-refractivity contribution in [2.75, 3.05) is 0 Å². The maximum absolute atomic E-state index is 11.3. The minimum absolute atomic E-state index is 0.179. The Morgan fingerprint density at radius 3 is 2.06 bits per heavy atom. The summed E-state index contributed by atoms with van der Waals surface area (Å²) in [5.41, 5.74) is 0. The van der Waals surface area contributed by atoms with Gasteiger partial charge in [-0.1, -0.05) is 12.8 Å². The first-order valence-corrected chi connectivity index (χ1v) is 5.89. The minimum atomic E-state index is -1.07. The molecule has 98 valence electrons. The number of unbranched alkanes of at least 4 members (excludes halogenated alkanes) is 2. The molecule has 0 amide bonds. The van der Waals surface area contributed by atoms with E-state index in [1.807, 2.05) is 0 Å². The number of Topliss-reactive ketones (excluding diaryl/α,β-unsaturated/α-hetero) is 2. The number of carboxylic acids is 1. The second-order valence-corrected chi connectivity index (χ2v) is 4.19. The Morgan fingerprint density at radius 1 is 0.941 bits per heavy atom. The number of hydrogen-bond donors (Lipinski definition) is 2. The maximum atomic E-state index is 11.3. The van der Waals surface area contributed by atoms with Crippen molar-refractivity contribution in [3.63, 3.8) is 0 Å². The molecule has 2 N–H and O–H groups in total. The fourth-order valence-electron chi connectivity index (χ4n) is 1.40. The normalized spacial score (nSPS) is 12.1. The fraction of sp³-hybridized carbons (Fsp3) is 0.750. The van der Waals surface area contributed by atoms with E-state index in [9.17, 15) is 14.4 Å². The van der Waals surface area contributed by atoms with E-state index in [1.165, 1.54) is 0 Å². The van der Waals surface area contributed by atoms with E-state index in [4.69, 9.17) is 10.2 Å². The van der Waals surface area contributed by atoms with Crippen molar-refractivity contribution >= 4 is 17.5 Å². The molecule has 0 rings (SSSR count). The Bertz CT molecular complexity index is 270. The van der Waals surface area contributed by atoms with Gasteiger partial charge in [-0.05, 0) is 19.8 Å². The van der Waals surface area contributed by atoms with Gasteiger partial charge in [0.25, 0.3) is 0 Å². The summed E-state index contributed by atoms with van der Waals surface area (Å²) < 4.78 is 0. The Hall–Kier alpha value is -1.23. The van der Waals surface area contributed by atoms with Crippen LogP contribution in [0, 0.1) is 0 Å². The molecule has 0 bridgehead atoms. The summed E-state index contributed by atoms with van der Waals surface area (Å²) in [4.78, 5) is 32.6. The highest BCUT2D eigenvalue weighted by Crippen LogP contribution is 2.07. The molecule has 0 radical (unpaired) electrons. The summed E-state index contributed by atoms with van der Waals surface area (Å²) >= 11 is 0. The third-order valence-corrected chi connectivity index (χ3v) is 2.40. The Balaban J connectivity index is 3.57. The van der Waals surface area contributed by atoms with Crippen LogP contribution in [0.1, 0.15) is 51.9 Å². The zero-order valence-electron chi connectivity index (χ0n) is 10.1. The van der Waals surface area contributed by atoms with Gasteiger partial charge in [-0.3, -0.25) is 14.4 Å². The Kier molecular flexibility index (Phi) is 8.23. The van der Waals surface area contributed by atoms with Crippen LogP contribution in [0.3, 0.4) is 0 Å². The molecule has 0 aliphatic rings. The van der Waals surface area contributed by atoms with E-state index in [0.717, 1.165) is 12.8 Å². The van der Waals surface area contributed by atoms with E-state index in [1.54, 1.807) is 6.92 Å². The summed E-state index contributed by atoms with van der Waals surface area (Å²) in [5.74, 6) is -2.14. The van der Waals surface area contributed by atoms with Crippen molar-refractivity contribution in [1.29, 1.82) is 0 Å². The number of aliphatic carboxylic acids is 1. The quantitative estimate of drug-likeness (QED) is 0.446. The van der Waals surface area contributed by atoms with Gasteiger partial charge in [0, 0.05) is 12.8 Å². The van der Waals surface area contributed by atoms with Gasteiger partial charge in [-0.2, -0.15) is 0 Å². The molecule has 0 aromatic rings. The van der Waals surface area contributed by atoms with Gasteiger partial charge in [0.15, 0.2) is 11.6 Å². The van der Waals surface area contributed by atoms with Crippen LogP contribution in [-0.2, 0) is 14.4 Å². The average molecular weight is 244 g/mol. The number of carbonyl (C=O) groups excluding carboxylic acids is 2. The molecule has 0 aromatic heterocycles. The molecule has 0 fully saturated rings. The summed E-state index contributed by atoms with van der Waals surface area (Å²) in [6.45, 7) is 1.71. The molecule has 17 heavy (non-hydrogen) atoms. The van der Waals surface area contributed by atoms with Crippen LogP contribution in [0.15, 0.2) is 0 Å². The van der Waals surface area contributed by atoms with E-state index in [2.05, 4.69) is 0 Å². The highest BCUT2D eigenvalue weighted by atomic mass is 16.4. The largest absolute Gasteiger partial charge is 0.481 e. The molecular weight excluding hydrogens is 224 g/mol. The number of carboxylic acid groups (broad SMARTS) is 1. The Morgan fingerprint density at radius 2 is 1.53 bits per heavy atom. The summed E-state index contributed by atoms with van der Waals surface area (Å²) in [5, 5.41) is 17.3.